The Labute approximate surface area is 183 Å². The van der Waals surface area contributed by atoms with Crippen molar-refractivity contribution in [1.29, 1.82) is 0 Å². The van der Waals surface area contributed by atoms with E-state index in [1.807, 2.05) is 24.0 Å². The van der Waals surface area contributed by atoms with Gasteiger partial charge in [-0.15, -0.1) is 0 Å². The first-order valence-corrected chi connectivity index (χ1v) is 10.6. The van der Waals surface area contributed by atoms with E-state index in [9.17, 15) is 0 Å². The van der Waals surface area contributed by atoms with E-state index in [0.717, 1.165) is 8.95 Å². The topological polar surface area (TPSA) is 69.6 Å². The van der Waals surface area contributed by atoms with Crippen LogP contribution in [0.15, 0.2) is 21.1 Å². The van der Waals surface area contributed by atoms with Crippen LogP contribution in [0.3, 0.4) is 0 Å². The molecular weight excluding hydrogens is 492 g/mol. The summed E-state index contributed by atoms with van der Waals surface area (Å²) in [6, 6.07) is 4.33. The number of rotatable bonds is 10. The molecule has 0 saturated heterocycles. The zero-order chi connectivity index (χ0) is 20.7. The van der Waals surface area contributed by atoms with Gasteiger partial charge in [0.15, 0.2) is 5.75 Å². The van der Waals surface area contributed by atoms with Gasteiger partial charge in [-0.25, -0.2) is 0 Å². The summed E-state index contributed by atoms with van der Waals surface area (Å²) < 4.78 is 18.1. The van der Waals surface area contributed by atoms with Crippen molar-refractivity contribution in [2.75, 3.05) is 45.4 Å². The van der Waals surface area contributed by atoms with Crippen molar-refractivity contribution in [1.82, 2.24) is 15.0 Å². The molecule has 0 bridgehead atoms. The van der Waals surface area contributed by atoms with Crippen molar-refractivity contribution in [2.24, 2.45) is 0 Å². The number of aromatic nitrogens is 3. The lowest BCUT2D eigenvalue weighted by Crippen LogP contribution is -2.32. The molecule has 28 heavy (non-hydrogen) atoms. The highest BCUT2D eigenvalue weighted by Crippen LogP contribution is 2.38. The Morgan fingerprint density at radius 1 is 0.964 bits per heavy atom. The highest BCUT2D eigenvalue weighted by Gasteiger charge is 2.17. The maximum Gasteiger partial charge on any atom is 0.327 e. The summed E-state index contributed by atoms with van der Waals surface area (Å²) >= 11 is 7.18. The Balaban J connectivity index is 2.32. The van der Waals surface area contributed by atoms with Crippen LogP contribution in [-0.2, 0) is 9.47 Å². The molecule has 0 unspecified atom stereocenters. The summed E-state index contributed by atoms with van der Waals surface area (Å²) in [5, 5.41) is 0. The number of aryl methyl sites for hydroxylation is 1. The first-order valence-electron chi connectivity index (χ1n) is 8.98. The van der Waals surface area contributed by atoms with Crippen LogP contribution in [0.4, 0.5) is 5.95 Å². The Kier molecular flexibility index (Phi) is 9.07. The minimum absolute atomic E-state index is 0.237. The van der Waals surface area contributed by atoms with Crippen molar-refractivity contribution in [3.8, 4) is 11.8 Å². The molecule has 2 rings (SSSR count). The van der Waals surface area contributed by atoms with E-state index >= 15 is 0 Å². The molecule has 0 amide bonds. The maximum atomic E-state index is 6.01. The second-order valence-electron chi connectivity index (χ2n) is 6.51. The Hall–Kier alpha value is -1.29. The Bertz CT molecular complexity index is 759. The summed E-state index contributed by atoms with van der Waals surface area (Å²) in [6.07, 6.45) is 0. The fourth-order valence-corrected chi connectivity index (χ4v) is 3.83. The van der Waals surface area contributed by atoms with Crippen LogP contribution in [-0.4, -0.2) is 55.5 Å². The summed E-state index contributed by atoms with van der Waals surface area (Å²) in [7, 11) is 3.33. The lowest BCUT2D eigenvalue weighted by molar-refractivity contribution is 0.189. The van der Waals surface area contributed by atoms with Crippen LogP contribution in [0.2, 0.25) is 0 Å². The van der Waals surface area contributed by atoms with E-state index in [2.05, 4.69) is 60.7 Å². The van der Waals surface area contributed by atoms with Crippen LogP contribution < -0.4 is 9.64 Å². The average molecular weight is 518 g/mol. The normalized spacial score (nSPS) is 11.1. The number of hydrogen-bond donors (Lipinski definition) is 0. The first-order chi connectivity index (χ1) is 13.3. The molecule has 154 valence electrons. The van der Waals surface area contributed by atoms with Gasteiger partial charge in [0.25, 0.3) is 0 Å². The van der Waals surface area contributed by atoms with E-state index in [1.165, 1.54) is 5.56 Å². The fourth-order valence-electron chi connectivity index (χ4n) is 2.45. The van der Waals surface area contributed by atoms with Crippen LogP contribution in [0.1, 0.15) is 31.2 Å². The monoisotopic (exact) mass is 516 g/mol. The number of methoxy groups -OCH3 is 2. The van der Waals surface area contributed by atoms with Gasteiger partial charge in [-0.3, -0.25) is 0 Å². The Morgan fingerprint density at radius 2 is 1.54 bits per heavy atom. The van der Waals surface area contributed by atoms with Gasteiger partial charge in [-0.1, -0.05) is 13.8 Å². The van der Waals surface area contributed by atoms with Crippen molar-refractivity contribution >= 4 is 37.8 Å². The zero-order valence-electron chi connectivity index (χ0n) is 16.8. The number of anilines is 1. The molecule has 0 aliphatic heterocycles. The molecule has 7 nitrogen and oxygen atoms in total. The van der Waals surface area contributed by atoms with E-state index in [4.69, 9.17) is 14.2 Å². The van der Waals surface area contributed by atoms with Gasteiger partial charge >= 0.3 is 6.01 Å². The maximum absolute atomic E-state index is 6.01. The molecule has 0 saturated carbocycles. The molecule has 1 heterocycles. The average Bonchev–Trinajstić information content (AvgIpc) is 2.64. The molecule has 1 aromatic heterocycles. The van der Waals surface area contributed by atoms with Crippen LogP contribution in [0, 0.1) is 6.92 Å². The lowest BCUT2D eigenvalue weighted by Gasteiger charge is -2.22. The van der Waals surface area contributed by atoms with E-state index in [-0.39, 0.29) is 6.01 Å². The van der Waals surface area contributed by atoms with E-state index < -0.39 is 0 Å². The fraction of sp³-hybridized carbons (Fsp3) is 0.526. The summed E-state index contributed by atoms with van der Waals surface area (Å²) in [6.45, 7) is 8.49. The molecule has 0 atom stereocenters. The van der Waals surface area contributed by atoms with Gasteiger partial charge < -0.3 is 19.1 Å². The van der Waals surface area contributed by atoms with Crippen LogP contribution >= 0.6 is 31.9 Å². The molecule has 0 N–H and O–H groups in total. The molecule has 0 spiro atoms. The molecule has 2 aromatic rings. The van der Waals surface area contributed by atoms with Crippen LogP contribution in [0.5, 0.6) is 11.8 Å². The molecule has 0 aliphatic rings. The highest BCUT2D eigenvalue weighted by molar-refractivity contribution is 9.11. The van der Waals surface area contributed by atoms with Gasteiger partial charge in [0, 0.05) is 27.3 Å². The van der Waals surface area contributed by atoms with Gasteiger partial charge in [0.1, 0.15) is 5.82 Å². The van der Waals surface area contributed by atoms with Gasteiger partial charge in [0.2, 0.25) is 5.95 Å². The second-order valence-corrected chi connectivity index (χ2v) is 8.22. The van der Waals surface area contributed by atoms with E-state index in [1.54, 1.807) is 14.2 Å². The third-order valence-corrected chi connectivity index (χ3v) is 5.19. The predicted molar refractivity (Wildman–Crippen MR) is 117 cm³/mol. The second kappa shape index (κ2) is 11.0. The largest absolute Gasteiger partial charge is 0.422 e. The number of nitrogens with zero attached hydrogens (tertiary/aromatic N) is 4. The highest BCUT2D eigenvalue weighted by atomic mass is 79.9. The molecule has 0 radical (unpaired) electrons. The molecule has 0 aliphatic carbocycles. The standard InChI is InChI=1S/C19H26Br2N4O3/c1-12(2)14-10-15(20)17(16(21)11-14)28-19-23-13(3)22-18(24-19)25(6-8-26-4)7-9-27-5/h10-12H,6-9H2,1-5H3. The number of benzene rings is 1. The quantitative estimate of drug-likeness (QED) is 0.451. The predicted octanol–water partition coefficient (Wildman–Crippen LogP) is 4.72. The minimum atomic E-state index is 0.237. The Morgan fingerprint density at radius 3 is 2.04 bits per heavy atom. The van der Waals surface area contributed by atoms with Crippen molar-refractivity contribution in [2.45, 2.75) is 26.7 Å². The first kappa shape index (κ1) is 23.0. The summed E-state index contributed by atoms with van der Waals surface area (Å²) in [4.78, 5) is 15.3. The van der Waals surface area contributed by atoms with E-state index in [0.29, 0.717) is 49.7 Å². The molecule has 1 aromatic carbocycles. The van der Waals surface area contributed by atoms with Gasteiger partial charge in [-0.05, 0) is 62.4 Å². The minimum Gasteiger partial charge on any atom is -0.422 e. The molecule has 9 heteroatoms. The summed E-state index contributed by atoms with van der Waals surface area (Å²) in [5.41, 5.74) is 1.20. The number of halogens is 2. The lowest BCUT2D eigenvalue weighted by atomic mass is 10.0. The van der Waals surface area contributed by atoms with Crippen molar-refractivity contribution in [3.63, 3.8) is 0 Å². The molecule has 0 fully saturated rings. The number of hydrogen-bond acceptors (Lipinski definition) is 7. The third-order valence-electron chi connectivity index (χ3n) is 4.01. The smallest absolute Gasteiger partial charge is 0.327 e. The zero-order valence-corrected chi connectivity index (χ0v) is 20.0. The molecular formula is C19H26Br2N4O3. The van der Waals surface area contributed by atoms with Crippen molar-refractivity contribution in [3.05, 3.63) is 32.5 Å². The SMILES string of the molecule is COCCN(CCOC)c1nc(C)nc(Oc2c(Br)cc(C(C)C)cc2Br)n1. The van der Waals surface area contributed by atoms with Gasteiger partial charge in [-0.2, -0.15) is 15.0 Å². The van der Waals surface area contributed by atoms with Crippen molar-refractivity contribution < 1.29 is 14.2 Å². The van der Waals surface area contributed by atoms with Crippen LogP contribution in [0.25, 0.3) is 0 Å². The van der Waals surface area contributed by atoms with Gasteiger partial charge in [0.05, 0.1) is 22.2 Å². The summed E-state index contributed by atoms with van der Waals surface area (Å²) in [5.74, 6) is 2.14. The number of ether oxygens (including phenoxy) is 3. The third kappa shape index (κ3) is 6.37.